The highest BCUT2D eigenvalue weighted by atomic mass is 19.1. The van der Waals surface area contributed by atoms with Crippen molar-refractivity contribution in [3.63, 3.8) is 0 Å². The number of carbonyl (C=O) groups is 3. The van der Waals surface area contributed by atoms with E-state index >= 15 is 0 Å². The van der Waals surface area contributed by atoms with Crippen LogP contribution in [0, 0.1) is 5.82 Å². The number of nitrogens with one attached hydrogen (secondary N) is 2. The Labute approximate surface area is 195 Å². The van der Waals surface area contributed by atoms with Crippen LogP contribution in [0.2, 0.25) is 0 Å². The number of halogens is 1. The van der Waals surface area contributed by atoms with Crippen LogP contribution in [0.25, 0.3) is 0 Å². The van der Waals surface area contributed by atoms with Crippen LogP contribution in [-0.2, 0) is 20.9 Å². The first kappa shape index (κ1) is 24.2. The van der Waals surface area contributed by atoms with E-state index in [0.29, 0.717) is 22.7 Å². The smallest absolute Gasteiger partial charge is 0.338 e. The van der Waals surface area contributed by atoms with E-state index in [1.165, 1.54) is 43.5 Å². The van der Waals surface area contributed by atoms with Crippen molar-refractivity contribution in [2.24, 2.45) is 0 Å². The lowest BCUT2D eigenvalue weighted by Gasteiger charge is -2.09. The molecule has 0 saturated heterocycles. The summed E-state index contributed by atoms with van der Waals surface area (Å²) in [5.41, 5.74) is 1.51. The third kappa shape index (κ3) is 7.63. The minimum atomic E-state index is -0.681. The number of methoxy groups -OCH3 is 1. The van der Waals surface area contributed by atoms with Gasteiger partial charge in [0.1, 0.15) is 17.3 Å². The predicted octanol–water partition coefficient (Wildman–Crippen LogP) is 3.33. The second-order valence-corrected chi connectivity index (χ2v) is 7.07. The molecule has 0 aliphatic heterocycles. The van der Waals surface area contributed by atoms with Gasteiger partial charge in [0.15, 0.2) is 13.2 Å². The van der Waals surface area contributed by atoms with Crippen molar-refractivity contribution in [2.75, 3.05) is 25.6 Å². The summed E-state index contributed by atoms with van der Waals surface area (Å²) in [5, 5.41) is 5.28. The molecule has 3 rings (SSSR count). The molecule has 0 aromatic heterocycles. The molecule has 0 radical (unpaired) electrons. The van der Waals surface area contributed by atoms with Crippen LogP contribution in [0.5, 0.6) is 11.5 Å². The Morgan fingerprint density at radius 2 is 1.59 bits per heavy atom. The second-order valence-electron chi connectivity index (χ2n) is 7.07. The van der Waals surface area contributed by atoms with Crippen molar-refractivity contribution >= 4 is 23.5 Å². The Kier molecular flexibility index (Phi) is 8.56. The molecule has 2 amide bonds. The maximum atomic E-state index is 12.9. The number of carbonyl (C=O) groups excluding carboxylic acids is 3. The normalized spacial score (nSPS) is 10.2. The molecule has 3 aromatic carbocycles. The molecule has 0 aliphatic carbocycles. The molecule has 176 valence electrons. The average molecular weight is 466 g/mol. The summed E-state index contributed by atoms with van der Waals surface area (Å²) in [5.74, 6) is -0.889. The lowest BCUT2D eigenvalue weighted by Crippen LogP contribution is -2.28. The van der Waals surface area contributed by atoms with Crippen molar-refractivity contribution < 1.29 is 33.0 Å². The minimum Gasteiger partial charge on any atom is -0.497 e. The predicted molar refractivity (Wildman–Crippen MR) is 122 cm³/mol. The fraction of sp³-hybridized carbons (Fsp3) is 0.160. The van der Waals surface area contributed by atoms with Crippen LogP contribution in [-0.4, -0.2) is 38.1 Å². The van der Waals surface area contributed by atoms with E-state index in [4.69, 9.17) is 14.2 Å². The first-order chi connectivity index (χ1) is 16.4. The zero-order valence-electron chi connectivity index (χ0n) is 18.4. The van der Waals surface area contributed by atoms with E-state index in [0.717, 1.165) is 0 Å². The van der Waals surface area contributed by atoms with Crippen molar-refractivity contribution in [1.82, 2.24) is 5.32 Å². The molecule has 0 bridgehead atoms. The summed E-state index contributed by atoms with van der Waals surface area (Å²) in [6.07, 6.45) is 0. The van der Waals surface area contributed by atoms with Gasteiger partial charge >= 0.3 is 5.97 Å². The number of hydrogen-bond acceptors (Lipinski definition) is 6. The van der Waals surface area contributed by atoms with E-state index < -0.39 is 18.5 Å². The summed E-state index contributed by atoms with van der Waals surface area (Å²) in [6.45, 7) is -0.494. The zero-order chi connectivity index (χ0) is 24.3. The summed E-state index contributed by atoms with van der Waals surface area (Å²) >= 11 is 0. The molecule has 0 atom stereocenters. The van der Waals surface area contributed by atoms with Gasteiger partial charge in [-0.2, -0.15) is 0 Å². The number of esters is 1. The molecule has 0 spiro atoms. The molecule has 0 unspecified atom stereocenters. The van der Waals surface area contributed by atoms with Crippen LogP contribution in [0.1, 0.15) is 15.9 Å². The highest BCUT2D eigenvalue weighted by molar-refractivity contribution is 5.92. The molecule has 0 saturated carbocycles. The van der Waals surface area contributed by atoms with E-state index in [9.17, 15) is 18.8 Å². The van der Waals surface area contributed by atoms with Crippen LogP contribution in [0.4, 0.5) is 10.1 Å². The monoisotopic (exact) mass is 466 g/mol. The Morgan fingerprint density at radius 1 is 0.853 bits per heavy atom. The van der Waals surface area contributed by atoms with Crippen molar-refractivity contribution in [1.29, 1.82) is 0 Å². The number of amides is 2. The van der Waals surface area contributed by atoms with Gasteiger partial charge in [0, 0.05) is 18.3 Å². The number of ether oxygens (including phenoxy) is 3. The fourth-order valence-electron chi connectivity index (χ4n) is 2.80. The summed E-state index contributed by atoms with van der Waals surface area (Å²) in [6, 6.07) is 18.6. The SMILES string of the molecule is COc1cccc(NC(=O)COc2ccc(C(=O)OCC(=O)NCc3ccc(F)cc3)cc2)c1. The molecule has 0 heterocycles. The quantitative estimate of drug-likeness (QED) is 0.445. The molecule has 34 heavy (non-hydrogen) atoms. The van der Waals surface area contributed by atoms with Crippen molar-refractivity contribution in [3.8, 4) is 11.5 Å². The molecule has 2 N–H and O–H groups in total. The van der Waals surface area contributed by atoms with Crippen LogP contribution >= 0.6 is 0 Å². The van der Waals surface area contributed by atoms with Gasteiger partial charge in [-0.25, -0.2) is 9.18 Å². The summed E-state index contributed by atoms with van der Waals surface area (Å²) < 4.78 is 28.4. The van der Waals surface area contributed by atoms with Crippen molar-refractivity contribution in [3.05, 3.63) is 89.7 Å². The van der Waals surface area contributed by atoms with Gasteiger partial charge in [-0.15, -0.1) is 0 Å². The standard InChI is InChI=1S/C25H23FN2O6/c1-32-22-4-2-3-20(13-22)28-24(30)16-33-21-11-7-18(8-12-21)25(31)34-15-23(29)27-14-17-5-9-19(26)10-6-17/h2-13H,14-16H2,1H3,(H,27,29)(H,28,30). The van der Waals surface area contributed by atoms with Gasteiger partial charge in [-0.1, -0.05) is 18.2 Å². The van der Waals surface area contributed by atoms with Gasteiger partial charge in [-0.3, -0.25) is 9.59 Å². The van der Waals surface area contributed by atoms with Gasteiger partial charge in [0.2, 0.25) is 0 Å². The first-order valence-electron chi connectivity index (χ1n) is 10.3. The molecular weight excluding hydrogens is 443 g/mol. The Hall–Kier alpha value is -4.40. The summed E-state index contributed by atoms with van der Waals surface area (Å²) in [4.78, 5) is 36.1. The number of rotatable bonds is 10. The average Bonchev–Trinajstić information content (AvgIpc) is 2.86. The molecule has 0 aliphatic rings. The van der Waals surface area contributed by atoms with Gasteiger partial charge in [0.25, 0.3) is 11.8 Å². The van der Waals surface area contributed by atoms with Gasteiger partial charge < -0.3 is 24.8 Å². The van der Waals surface area contributed by atoms with Crippen LogP contribution in [0.15, 0.2) is 72.8 Å². The Morgan fingerprint density at radius 3 is 2.29 bits per heavy atom. The highest BCUT2D eigenvalue weighted by Gasteiger charge is 2.11. The second kappa shape index (κ2) is 12.0. The van der Waals surface area contributed by atoms with Gasteiger partial charge in [-0.05, 0) is 54.1 Å². The Balaban J connectivity index is 1.39. The van der Waals surface area contributed by atoms with Crippen LogP contribution < -0.4 is 20.1 Å². The highest BCUT2D eigenvalue weighted by Crippen LogP contribution is 2.17. The molecule has 8 nitrogen and oxygen atoms in total. The molecule has 0 fully saturated rings. The number of anilines is 1. The van der Waals surface area contributed by atoms with E-state index in [2.05, 4.69) is 10.6 Å². The summed E-state index contributed by atoms with van der Waals surface area (Å²) in [7, 11) is 1.54. The maximum Gasteiger partial charge on any atom is 0.338 e. The lowest BCUT2D eigenvalue weighted by molar-refractivity contribution is -0.124. The van der Waals surface area contributed by atoms with E-state index in [-0.39, 0.29) is 30.4 Å². The maximum absolute atomic E-state index is 12.9. The van der Waals surface area contributed by atoms with Crippen LogP contribution in [0.3, 0.4) is 0 Å². The number of hydrogen-bond donors (Lipinski definition) is 2. The molecular formula is C25H23FN2O6. The number of benzene rings is 3. The molecule has 3 aromatic rings. The van der Waals surface area contributed by atoms with Gasteiger partial charge in [0.05, 0.1) is 12.7 Å². The lowest BCUT2D eigenvalue weighted by atomic mass is 10.2. The third-order valence-corrected chi connectivity index (χ3v) is 4.55. The van der Waals surface area contributed by atoms with E-state index in [1.807, 2.05) is 0 Å². The largest absolute Gasteiger partial charge is 0.497 e. The van der Waals surface area contributed by atoms with E-state index in [1.54, 1.807) is 36.4 Å². The third-order valence-electron chi connectivity index (χ3n) is 4.55. The molecule has 9 heteroatoms. The minimum absolute atomic E-state index is 0.189. The Bertz CT molecular complexity index is 1130. The topological polar surface area (TPSA) is 103 Å². The fourth-order valence-corrected chi connectivity index (χ4v) is 2.80. The van der Waals surface area contributed by atoms with Crippen molar-refractivity contribution in [2.45, 2.75) is 6.54 Å². The zero-order valence-corrected chi connectivity index (χ0v) is 18.4. The first-order valence-corrected chi connectivity index (χ1v) is 10.3.